The lowest BCUT2D eigenvalue weighted by Gasteiger charge is -2.38. The van der Waals surface area contributed by atoms with Gasteiger partial charge in [0, 0.05) is 25.8 Å². The maximum Gasteiger partial charge on any atom is 0.118 e. The number of nitrogens with zero attached hydrogens (tertiary/aromatic N) is 1. The highest BCUT2D eigenvalue weighted by Gasteiger charge is 2.43. The molecule has 5 nitrogen and oxygen atoms in total. The van der Waals surface area contributed by atoms with E-state index in [1.54, 1.807) is 0 Å². The molecule has 4 rings (SSSR count). The molecule has 3 aliphatic rings. The minimum absolute atomic E-state index is 0.214. The normalized spacial score (nSPS) is 31.4. The first-order valence-electron chi connectivity index (χ1n) is 9.81. The fraction of sp³-hybridized carbons (Fsp3) is 0.800. The molecule has 3 atom stereocenters. The highest BCUT2D eigenvalue weighted by Crippen LogP contribution is 2.34. The largest absolute Gasteiger partial charge is 0.465 e. The number of aryl methyl sites for hydroxylation is 2. The molecule has 0 N–H and O–H groups in total. The van der Waals surface area contributed by atoms with Crippen molar-refractivity contribution in [1.82, 2.24) is 4.90 Å². The minimum Gasteiger partial charge on any atom is -0.465 e. The standard InChI is InChI=1S/C20H31NO4/c1-14-11-17(25-15(14)2)12-21-7-10-23-20-18(21)3-4-19(20)24-13-16-5-8-22-9-6-16/h11,16,18-20H,3-10,12-13H2,1-2H3/t18-,19+,20+/m1/s1. The average Bonchev–Trinajstić information content (AvgIpc) is 3.18. The molecule has 1 saturated carbocycles. The summed E-state index contributed by atoms with van der Waals surface area (Å²) in [5.74, 6) is 2.76. The Morgan fingerprint density at radius 3 is 2.72 bits per heavy atom. The Morgan fingerprint density at radius 1 is 1.12 bits per heavy atom. The van der Waals surface area contributed by atoms with Crippen LogP contribution < -0.4 is 0 Å². The van der Waals surface area contributed by atoms with E-state index in [0.29, 0.717) is 12.0 Å². The van der Waals surface area contributed by atoms with Gasteiger partial charge in [-0.3, -0.25) is 4.90 Å². The molecule has 3 heterocycles. The highest BCUT2D eigenvalue weighted by atomic mass is 16.5. The molecule has 25 heavy (non-hydrogen) atoms. The molecule has 1 aromatic heterocycles. The minimum atomic E-state index is 0.214. The Morgan fingerprint density at radius 2 is 1.96 bits per heavy atom. The molecule has 2 aliphatic heterocycles. The molecule has 1 aliphatic carbocycles. The van der Waals surface area contributed by atoms with Gasteiger partial charge < -0.3 is 18.6 Å². The number of rotatable bonds is 5. The number of morpholine rings is 1. The fourth-order valence-electron chi connectivity index (χ4n) is 4.47. The van der Waals surface area contributed by atoms with E-state index in [0.717, 1.165) is 76.7 Å². The summed E-state index contributed by atoms with van der Waals surface area (Å²) in [7, 11) is 0. The summed E-state index contributed by atoms with van der Waals surface area (Å²) >= 11 is 0. The number of hydrogen-bond donors (Lipinski definition) is 0. The molecule has 3 fully saturated rings. The zero-order chi connectivity index (χ0) is 17.2. The first kappa shape index (κ1) is 17.5. The van der Waals surface area contributed by atoms with Crippen molar-refractivity contribution in [3.8, 4) is 0 Å². The second-order valence-corrected chi connectivity index (χ2v) is 7.83. The van der Waals surface area contributed by atoms with Crippen molar-refractivity contribution in [3.63, 3.8) is 0 Å². The third kappa shape index (κ3) is 3.95. The van der Waals surface area contributed by atoms with Gasteiger partial charge in [-0.2, -0.15) is 0 Å². The van der Waals surface area contributed by atoms with Crippen molar-refractivity contribution in [2.75, 3.05) is 33.0 Å². The Hall–Kier alpha value is -0.880. The average molecular weight is 349 g/mol. The number of ether oxygens (including phenoxy) is 3. The fourth-order valence-corrected chi connectivity index (χ4v) is 4.47. The van der Waals surface area contributed by atoms with Gasteiger partial charge in [0.25, 0.3) is 0 Å². The van der Waals surface area contributed by atoms with Crippen LogP contribution in [0, 0.1) is 19.8 Å². The van der Waals surface area contributed by atoms with Crippen molar-refractivity contribution in [2.45, 2.75) is 64.3 Å². The Bertz CT molecular complexity index is 547. The summed E-state index contributed by atoms with van der Waals surface area (Å²) < 4.78 is 23.8. The molecule has 0 radical (unpaired) electrons. The summed E-state index contributed by atoms with van der Waals surface area (Å²) in [6.07, 6.45) is 4.98. The maximum atomic E-state index is 6.30. The van der Waals surface area contributed by atoms with Gasteiger partial charge in [0.1, 0.15) is 11.5 Å². The van der Waals surface area contributed by atoms with Crippen LogP contribution in [0.1, 0.15) is 42.8 Å². The predicted molar refractivity (Wildman–Crippen MR) is 94.6 cm³/mol. The van der Waals surface area contributed by atoms with Crippen molar-refractivity contribution in [1.29, 1.82) is 0 Å². The molecule has 1 aromatic rings. The quantitative estimate of drug-likeness (QED) is 0.817. The molecule has 0 unspecified atom stereocenters. The molecule has 0 spiro atoms. The third-order valence-corrected chi connectivity index (χ3v) is 6.11. The van der Waals surface area contributed by atoms with E-state index >= 15 is 0 Å². The van der Waals surface area contributed by atoms with E-state index in [4.69, 9.17) is 18.6 Å². The Labute approximate surface area is 150 Å². The zero-order valence-electron chi connectivity index (χ0n) is 15.5. The van der Waals surface area contributed by atoms with Crippen LogP contribution in [0.15, 0.2) is 10.5 Å². The Balaban J connectivity index is 1.33. The van der Waals surface area contributed by atoms with E-state index in [-0.39, 0.29) is 12.2 Å². The second-order valence-electron chi connectivity index (χ2n) is 7.83. The monoisotopic (exact) mass is 349 g/mol. The van der Waals surface area contributed by atoms with Crippen molar-refractivity contribution >= 4 is 0 Å². The summed E-state index contributed by atoms with van der Waals surface area (Å²) in [6, 6.07) is 2.63. The topological polar surface area (TPSA) is 44.1 Å². The van der Waals surface area contributed by atoms with Crippen molar-refractivity contribution < 1.29 is 18.6 Å². The smallest absolute Gasteiger partial charge is 0.118 e. The Kier molecular flexibility index (Phi) is 5.46. The summed E-state index contributed by atoms with van der Waals surface area (Å²) in [5, 5.41) is 0. The molecular formula is C20H31NO4. The second kappa shape index (κ2) is 7.78. The van der Waals surface area contributed by atoms with E-state index in [1.807, 2.05) is 6.92 Å². The van der Waals surface area contributed by atoms with Crippen LogP contribution in [0.4, 0.5) is 0 Å². The van der Waals surface area contributed by atoms with Crippen LogP contribution in [0.5, 0.6) is 0 Å². The lowest BCUT2D eigenvalue weighted by molar-refractivity contribution is -0.123. The van der Waals surface area contributed by atoms with Gasteiger partial charge in [-0.1, -0.05) is 0 Å². The van der Waals surface area contributed by atoms with Gasteiger partial charge in [-0.25, -0.2) is 0 Å². The lowest BCUT2D eigenvalue weighted by Crippen LogP contribution is -2.51. The van der Waals surface area contributed by atoms with Gasteiger partial charge >= 0.3 is 0 Å². The summed E-state index contributed by atoms with van der Waals surface area (Å²) in [6.45, 7) is 9.43. The number of furan rings is 1. The maximum absolute atomic E-state index is 6.30. The molecule has 5 heteroatoms. The molecular weight excluding hydrogens is 318 g/mol. The van der Waals surface area contributed by atoms with E-state index in [1.165, 1.54) is 5.56 Å². The van der Waals surface area contributed by atoms with Crippen LogP contribution in [0.2, 0.25) is 0 Å². The highest BCUT2D eigenvalue weighted by molar-refractivity contribution is 5.18. The van der Waals surface area contributed by atoms with Crippen LogP contribution in [-0.4, -0.2) is 56.1 Å². The van der Waals surface area contributed by atoms with Crippen LogP contribution in [0.25, 0.3) is 0 Å². The SMILES string of the molecule is Cc1cc(CN2CCO[C@@H]3[C@@H](OCC4CCOCC4)CC[C@H]32)oc1C. The van der Waals surface area contributed by atoms with E-state index in [9.17, 15) is 0 Å². The van der Waals surface area contributed by atoms with Crippen LogP contribution >= 0.6 is 0 Å². The number of fused-ring (bicyclic) bond motifs is 1. The molecule has 0 amide bonds. The van der Waals surface area contributed by atoms with Gasteiger partial charge in [-0.05, 0) is 57.1 Å². The van der Waals surface area contributed by atoms with Gasteiger partial charge in [0.15, 0.2) is 0 Å². The first-order chi connectivity index (χ1) is 12.2. The summed E-state index contributed by atoms with van der Waals surface area (Å²) in [5.41, 5.74) is 1.24. The number of hydrogen-bond acceptors (Lipinski definition) is 5. The molecule has 2 saturated heterocycles. The van der Waals surface area contributed by atoms with Crippen LogP contribution in [0.3, 0.4) is 0 Å². The first-order valence-corrected chi connectivity index (χ1v) is 9.81. The van der Waals surface area contributed by atoms with Crippen LogP contribution in [-0.2, 0) is 20.8 Å². The van der Waals surface area contributed by atoms with Crippen molar-refractivity contribution in [2.24, 2.45) is 5.92 Å². The molecule has 140 valence electrons. The summed E-state index contributed by atoms with van der Waals surface area (Å²) in [4.78, 5) is 2.53. The van der Waals surface area contributed by atoms with Gasteiger partial charge in [0.05, 0.1) is 32.0 Å². The molecule has 0 aromatic carbocycles. The predicted octanol–water partition coefficient (Wildman–Crippen LogP) is 3.07. The lowest BCUT2D eigenvalue weighted by atomic mass is 10.0. The van der Waals surface area contributed by atoms with E-state index in [2.05, 4.69) is 17.9 Å². The molecule has 0 bridgehead atoms. The van der Waals surface area contributed by atoms with Crippen molar-refractivity contribution in [3.05, 3.63) is 23.2 Å². The third-order valence-electron chi connectivity index (χ3n) is 6.11. The van der Waals surface area contributed by atoms with E-state index < -0.39 is 0 Å². The zero-order valence-corrected chi connectivity index (χ0v) is 15.5. The van der Waals surface area contributed by atoms with Gasteiger partial charge in [0.2, 0.25) is 0 Å². The van der Waals surface area contributed by atoms with Gasteiger partial charge in [-0.15, -0.1) is 0 Å².